The molecule has 19 heavy (non-hydrogen) atoms. The molecule has 0 spiro atoms. The number of carbonyl (C=O) groups excluding carboxylic acids is 1. The smallest absolute Gasteiger partial charge is 0.252 e. The van der Waals surface area contributed by atoms with Crippen molar-refractivity contribution in [1.82, 2.24) is 10.2 Å². The lowest BCUT2D eigenvalue weighted by Gasteiger charge is -2.23. The van der Waals surface area contributed by atoms with Gasteiger partial charge in [0.2, 0.25) is 0 Å². The molecule has 1 fully saturated rings. The molecule has 0 aromatic heterocycles. The van der Waals surface area contributed by atoms with Gasteiger partial charge >= 0.3 is 0 Å². The summed E-state index contributed by atoms with van der Waals surface area (Å²) in [5.41, 5.74) is 0.623. The zero-order chi connectivity index (χ0) is 13.8. The number of likely N-dealkylation sites (tertiary alicyclic amines) is 1. The lowest BCUT2D eigenvalue weighted by molar-refractivity contribution is 0.0939. The lowest BCUT2D eigenvalue weighted by Crippen LogP contribution is -2.40. The van der Waals surface area contributed by atoms with Gasteiger partial charge < -0.3 is 5.32 Å². The third-order valence-electron chi connectivity index (χ3n) is 3.50. The number of nitrogens with one attached hydrogen (secondary N) is 1. The Labute approximate surface area is 127 Å². The molecule has 104 valence electrons. The predicted molar refractivity (Wildman–Crippen MR) is 81.8 cm³/mol. The van der Waals surface area contributed by atoms with E-state index in [1.54, 1.807) is 18.2 Å². The number of benzene rings is 1. The van der Waals surface area contributed by atoms with Crippen LogP contribution in [0.1, 0.15) is 30.1 Å². The molecule has 1 heterocycles. The Hall–Kier alpha value is -0.580. The van der Waals surface area contributed by atoms with Gasteiger partial charge in [-0.05, 0) is 67.0 Å². The molecule has 1 amide bonds. The van der Waals surface area contributed by atoms with Gasteiger partial charge in [0.15, 0.2) is 0 Å². The van der Waals surface area contributed by atoms with Gasteiger partial charge in [-0.2, -0.15) is 0 Å². The summed E-state index contributed by atoms with van der Waals surface area (Å²) >= 11 is 9.23. The highest BCUT2D eigenvalue weighted by molar-refractivity contribution is 9.10. The Morgan fingerprint density at radius 2 is 2.16 bits per heavy atom. The number of amides is 1. The number of hydrogen-bond acceptors (Lipinski definition) is 2. The molecule has 1 aromatic carbocycles. The van der Waals surface area contributed by atoms with Crippen molar-refractivity contribution in [2.75, 3.05) is 19.6 Å². The summed E-state index contributed by atoms with van der Waals surface area (Å²) in [5, 5.41) is 3.60. The molecule has 1 saturated heterocycles. The monoisotopic (exact) mass is 344 g/mol. The van der Waals surface area contributed by atoms with Crippen LogP contribution in [-0.2, 0) is 0 Å². The molecule has 0 bridgehead atoms. The first-order chi connectivity index (χ1) is 9.08. The molecule has 5 heteroatoms. The molecule has 1 aromatic rings. The maximum atomic E-state index is 12.1. The minimum Gasteiger partial charge on any atom is -0.350 e. The second kappa shape index (κ2) is 6.73. The SMILES string of the molecule is CC(CNC(=O)c1ccc(Cl)cc1Br)N1CCCC1. The minimum absolute atomic E-state index is 0.0606. The maximum Gasteiger partial charge on any atom is 0.252 e. The van der Waals surface area contributed by atoms with Crippen LogP contribution in [0.15, 0.2) is 22.7 Å². The van der Waals surface area contributed by atoms with E-state index in [1.165, 1.54) is 12.8 Å². The first-order valence-electron chi connectivity index (χ1n) is 6.55. The largest absolute Gasteiger partial charge is 0.350 e. The van der Waals surface area contributed by atoms with E-state index in [-0.39, 0.29) is 5.91 Å². The van der Waals surface area contributed by atoms with Gasteiger partial charge in [0.05, 0.1) is 5.56 Å². The summed E-state index contributed by atoms with van der Waals surface area (Å²) < 4.78 is 0.728. The average molecular weight is 346 g/mol. The van der Waals surface area contributed by atoms with E-state index < -0.39 is 0 Å². The minimum atomic E-state index is -0.0606. The Morgan fingerprint density at radius 3 is 2.79 bits per heavy atom. The molecule has 0 aliphatic carbocycles. The van der Waals surface area contributed by atoms with Crippen LogP contribution in [0.2, 0.25) is 5.02 Å². The second-order valence-corrected chi connectivity index (χ2v) is 6.22. The van der Waals surface area contributed by atoms with Gasteiger partial charge in [-0.3, -0.25) is 9.69 Å². The zero-order valence-electron chi connectivity index (χ0n) is 11.0. The molecule has 0 saturated carbocycles. The Morgan fingerprint density at radius 1 is 1.47 bits per heavy atom. The van der Waals surface area contributed by atoms with Gasteiger partial charge in [-0.1, -0.05) is 11.6 Å². The topological polar surface area (TPSA) is 32.3 Å². The highest BCUT2D eigenvalue weighted by atomic mass is 79.9. The lowest BCUT2D eigenvalue weighted by atomic mass is 10.2. The summed E-state index contributed by atoms with van der Waals surface area (Å²) in [5.74, 6) is -0.0606. The van der Waals surface area contributed by atoms with Crippen LogP contribution >= 0.6 is 27.5 Å². The van der Waals surface area contributed by atoms with Gasteiger partial charge in [-0.25, -0.2) is 0 Å². The Bertz CT molecular complexity index is 461. The molecule has 3 nitrogen and oxygen atoms in total. The van der Waals surface area contributed by atoms with Crippen molar-refractivity contribution in [3.63, 3.8) is 0 Å². The van der Waals surface area contributed by atoms with Crippen LogP contribution < -0.4 is 5.32 Å². The van der Waals surface area contributed by atoms with E-state index in [9.17, 15) is 4.79 Å². The molecule has 1 aliphatic rings. The number of carbonyl (C=O) groups is 1. The molecular formula is C14H18BrClN2O. The molecule has 1 unspecified atom stereocenters. The molecule has 1 N–H and O–H groups in total. The Balaban J connectivity index is 1.90. The van der Waals surface area contributed by atoms with Gasteiger partial charge in [0.25, 0.3) is 5.91 Å². The fraction of sp³-hybridized carbons (Fsp3) is 0.500. The number of hydrogen-bond donors (Lipinski definition) is 1. The van der Waals surface area contributed by atoms with E-state index >= 15 is 0 Å². The van der Waals surface area contributed by atoms with Gasteiger partial charge in [0.1, 0.15) is 0 Å². The van der Waals surface area contributed by atoms with Crippen LogP contribution in [-0.4, -0.2) is 36.5 Å². The fourth-order valence-corrected chi connectivity index (χ4v) is 3.18. The number of halogens is 2. The molecule has 2 rings (SSSR count). The third-order valence-corrected chi connectivity index (χ3v) is 4.39. The van der Waals surface area contributed by atoms with Crippen molar-refractivity contribution in [2.24, 2.45) is 0 Å². The first-order valence-corrected chi connectivity index (χ1v) is 7.72. The number of nitrogens with zero attached hydrogens (tertiary/aromatic N) is 1. The van der Waals surface area contributed by atoms with Crippen molar-refractivity contribution in [3.8, 4) is 0 Å². The molecule has 1 aliphatic heterocycles. The van der Waals surface area contributed by atoms with Crippen molar-refractivity contribution < 1.29 is 4.79 Å². The van der Waals surface area contributed by atoms with Crippen molar-refractivity contribution in [2.45, 2.75) is 25.8 Å². The molecular weight excluding hydrogens is 328 g/mol. The van der Waals surface area contributed by atoms with Crippen molar-refractivity contribution in [3.05, 3.63) is 33.3 Å². The van der Waals surface area contributed by atoms with Gasteiger partial charge in [-0.15, -0.1) is 0 Å². The van der Waals surface area contributed by atoms with E-state index in [4.69, 9.17) is 11.6 Å². The average Bonchev–Trinajstić information content (AvgIpc) is 2.89. The Kier molecular flexibility index (Phi) is 5.25. The van der Waals surface area contributed by atoms with Crippen molar-refractivity contribution in [1.29, 1.82) is 0 Å². The summed E-state index contributed by atoms with van der Waals surface area (Å²) in [6.45, 7) is 5.11. The quantitative estimate of drug-likeness (QED) is 0.908. The van der Waals surface area contributed by atoms with Crippen LogP contribution in [0.4, 0.5) is 0 Å². The van der Waals surface area contributed by atoms with E-state index in [2.05, 4.69) is 33.1 Å². The van der Waals surface area contributed by atoms with E-state index in [0.29, 0.717) is 23.2 Å². The normalized spacial score (nSPS) is 17.4. The highest BCUT2D eigenvalue weighted by Gasteiger charge is 2.19. The fourth-order valence-electron chi connectivity index (χ4n) is 2.32. The summed E-state index contributed by atoms with van der Waals surface area (Å²) in [6, 6.07) is 5.59. The summed E-state index contributed by atoms with van der Waals surface area (Å²) in [6.07, 6.45) is 2.53. The van der Waals surface area contributed by atoms with Crippen LogP contribution in [0, 0.1) is 0 Å². The number of rotatable bonds is 4. The summed E-state index contributed by atoms with van der Waals surface area (Å²) in [4.78, 5) is 14.5. The van der Waals surface area contributed by atoms with Crippen molar-refractivity contribution >= 4 is 33.4 Å². The highest BCUT2D eigenvalue weighted by Crippen LogP contribution is 2.21. The van der Waals surface area contributed by atoms with E-state index in [1.807, 2.05) is 0 Å². The van der Waals surface area contributed by atoms with E-state index in [0.717, 1.165) is 17.6 Å². The summed E-state index contributed by atoms with van der Waals surface area (Å²) in [7, 11) is 0. The zero-order valence-corrected chi connectivity index (χ0v) is 13.3. The molecule has 0 radical (unpaired) electrons. The van der Waals surface area contributed by atoms with Gasteiger partial charge in [0, 0.05) is 22.1 Å². The second-order valence-electron chi connectivity index (χ2n) is 4.93. The first kappa shape index (κ1) is 14.8. The standard InChI is InChI=1S/C14H18BrClN2O/c1-10(18-6-2-3-7-18)9-17-14(19)12-5-4-11(16)8-13(12)15/h4-5,8,10H,2-3,6-7,9H2,1H3,(H,17,19). The van der Waals surface area contributed by atoms with Crippen LogP contribution in [0.25, 0.3) is 0 Å². The third kappa shape index (κ3) is 3.94. The maximum absolute atomic E-state index is 12.1. The van der Waals surface area contributed by atoms with Crippen LogP contribution in [0.5, 0.6) is 0 Å². The molecule has 1 atom stereocenters. The predicted octanol–water partition coefficient (Wildman–Crippen LogP) is 3.32. The van der Waals surface area contributed by atoms with Crippen LogP contribution in [0.3, 0.4) is 0 Å².